The number of rotatable bonds is 4. The Balaban J connectivity index is 1.27. The van der Waals surface area contributed by atoms with Crippen LogP contribution in [0.15, 0.2) is 54.7 Å². The predicted octanol–water partition coefficient (Wildman–Crippen LogP) is 6.15. The summed E-state index contributed by atoms with van der Waals surface area (Å²) >= 11 is 6.00. The highest BCUT2D eigenvalue weighted by atomic mass is 35.5. The van der Waals surface area contributed by atoms with E-state index in [0.29, 0.717) is 11.8 Å². The average molecular weight is 419 g/mol. The second kappa shape index (κ2) is 8.35. The first kappa shape index (κ1) is 19.5. The van der Waals surface area contributed by atoms with Gasteiger partial charge in [0.1, 0.15) is 11.5 Å². The van der Waals surface area contributed by atoms with Crippen LogP contribution in [-0.4, -0.2) is 19.7 Å². The summed E-state index contributed by atoms with van der Waals surface area (Å²) in [7, 11) is 2.02. The lowest BCUT2D eigenvalue weighted by Crippen LogP contribution is -2.30. The van der Waals surface area contributed by atoms with Gasteiger partial charge in [0.25, 0.3) is 0 Å². The molecule has 1 aromatic carbocycles. The van der Waals surface area contributed by atoms with Crippen LogP contribution >= 0.6 is 11.6 Å². The maximum atomic E-state index is 6.00. The zero-order valence-corrected chi connectivity index (χ0v) is 18.0. The predicted molar refractivity (Wildman–Crippen MR) is 121 cm³/mol. The van der Waals surface area contributed by atoms with Crippen molar-refractivity contribution < 1.29 is 0 Å². The lowest BCUT2D eigenvalue weighted by Gasteiger charge is -2.41. The molecule has 5 heteroatoms. The summed E-state index contributed by atoms with van der Waals surface area (Å²) < 4.78 is 1.98. The molecule has 2 saturated carbocycles. The van der Waals surface area contributed by atoms with Crippen molar-refractivity contribution in [3.63, 3.8) is 0 Å². The Hall–Kier alpha value is -2.46. The van der Waals surface area contributed by atoms with Crippen LogP contribution in [0.5, 0.6) is 0 Å². The Bertz CT molecular complexity index is 1010. The fourth-order valence-corrected chi connectivity index (χ4v) is 5.57. The van der Waals surface area contributed by atoms with Gasteiger partial charge in [-0.05, 0) is 79.7 Å². The third kappa shape index (κ3) is 4.20. The van der Waals surface area contributed by atoms with Crippen LogP contribution in [0, 0.1) is 17.8 Å². The Morgan fingerprint density at radius 1 is 0.967 bits per heavy atom. The van der Waals surface area contributed by atoms with E-state index in [0.717, 1.165) is 34.2 Å². The molecule has 2 fully saturated rings. The highest BCUT2D eigenvalue weighted by Crippen LogP contribution is 2.48. The number of hydrogen-bond donors (Lipinski definition) is 0. The third-order valence-corrected chi connectivity index (χ3v) is 6.91. The molecular weight excluding hydrogens is 392 g/mol. The van der Waals surface area contributed by atoms with Crippen molar-refractivity contribution in [3.8, 4) is 11.5 Å². The molecule has 0 radical (unpaired) electrons. The zero-order valence-electron chi connectivity index (χ0n) is 17.3. The fourth-order valence-electron chi connectivity index (χ4n) is 5.45. The topological polar surface area (TPSA) is 43.6 Å². The van der Waals surface area contributed by atoms with E-state index < -0.39 is 0 Å². The van der Waals surface area contributed by atoms with Gasteiger partial charge < -0.3 is 0 Å². The van der Waals surface area contributed by atoms with Crippen molar-refractivity contribution >= 4 is 17.7 Å². The van der Waals surface area contributed by atoms with Gasteiger partial charge in [0, 0.05) is 24.2 Å². The Morgan fingerprint density at radius 2 is 1.73 bits per heavy atom. The van der Waals surface area contributed by atoms with Crippen LogP contribution in [0.4, 0.5) is 0 Å². The van der Waals surface area contributed by atoms with Gasteiger partial charge in [-0.1, -0.05) is 42.0 Å². The highest BCUT2D eigenvalue weighted by Gasteiger charge is 2.37. The molecule has 2 heterocycles. The number of aryl methyl sites for hydroxylation is 1. The van der Waals surface area contributed by atoms with E-state index in [1.54, 1.807) is 6.20 Å². The summed E-state index contributed by atoms with van der Waals surface area (Å²) in [6, 6.07) is 14.0. The van der Waals surface area contributed by atoms with E-state index >= 15 is 0 Å². The molecule has 30 heavy (non-hydrogen) atoms. The van der Waals surface area contributed by atoms with Crippen LogP contribution < -0.4 is 0 Å². The van der Waals surface area contributed by atoms with Gasteiger partial charge in [-0.15, -0.1) is 5.10 Å². The summed E-state index contributed by atoms with van der Waals surface area (Å²) in [5.74, 6) is 4.60. The van der Waals surface area contributed by atoms with Crippen LogP contribution in [0.1, 0.15) is 49.4 Å². The molecule has 0 spiro atoms. The fraction of sp³-hybridized carbons (Fsp3) is 0.400. The summed E-state index contributed by atoms with van der Waals surface area (Å²) in [4.78, 5) is 9.31. The molecule has 0 aliphatic heterocycles. The largest absolute Gasteiger partial charge is 0.253 e. The van der Waals surface area contributed by atoms with Crippen molar-refractivity contribution in [2.75, 3.05) is 0 Å². The summed E-state index contributed by atoms with van der Waals surface area (Å²) in [6.07, 6.45) is 12.8. The summed E-state index contributed by atoms with van der Waals surface area (Å²) in [6.45, 7) is 0. The lowest BCUT2D eigenvalue weighted by atomic mass is 9.64. The second-order valence-electron chi connectivity index (χ2n) is 8.91. The molecule has 154 valence electrons. The molecule has 2 aliphatic rings. The molecule has 0 saturated heterocycles. The number of aromatic nitrogens is 4. The zero-order chi connectivity index (χ0) is 20.5. The first-order valence-electron chi connectivity index (χ1n) is 10.9. The van der Waals surface area contributed by atoms with Crippen LogP contribution in [0.2, 0.25) is 5.02 Å². The molecular formula is C25H27ClN4. The third-order valence-electron chi connectivity index (χ3n) is 6.66. The van der Waals surface area contributed by atoms with Gasteiger partial charge in [0.15, 0.2) is 5.82 Å². The quantitative estimate of drug-likeness (QED) is 0.510. The highest BCUT2D eigenvalue weighted by molar-refractivity contribution is 6.30. The monoisotopic (exact) mass is 418 g/mol. The number of halogens is 1. The number of allylic oxidation sites excluding steroid dienone is 1. The van der Waals surface area contributed by atoms with Crippen LogP contribution in [0.25, 0.3) is 17.6 Å². The molecule has 2 aliphatic carbocycles. The number of pyridine rings is 1. The van der Waals surface area contributed by atoms with Crippen molar-refractivity contribution in [2.45, 2.75) is 38.0 Å². The molecule has 4 nitrogen and oxygen atoms in total. The van der Waals surface area contributed by atoms with E-state index in [1.807, 2.05) is 42.1 Å². The molecule has 2 bridgehead atoms. The number of benzene rings is 1. The van der Waals surface area contributed by atoms with Gasteiger partial charge in [-0.25, -0.2) is 4.98 Å². The first-order valence-corrected chi connectivity index (χ1v) is 11.3. The van der Waals surface area contributed by atoms with Crippen molar-refractivity contribution in [3.05, 3.63) is 71.1 Å². The molecule has 2 aromatic heterocycles. The summed E-state index contributed by atoms with van der Waals surface area (Å²) in [5.41, 5.74) is 2.08. The summed E-state index contributed by atoms with van der Waals surface area (Å²) in [5, 5.41) is 5.45. The normalized spacial score (nSPS) is 26.2. The Kier molecular flexibility index (Phi) is 5.43. The van der Waals surface area contributed by atoms with Crippen molar-refractivity contribution in [2.24, 2.45) is 24.8 Å². The van der Waals surface area contributed by atoms with Crippen molar-refractivity contribution in [1.29, 1.82) is 0 Å². The van der Waals surface area contributed by atoms with Gasteiger partial charge in [-0.2, -0.15) is 0 Å². The van der Waals surface area contributed by atoms with Gasteiger partial charge in [0.05, 0.1) is 0 Å². The van der Waals surface area contributed by atoms with Gasteiger partial charge in [0.2, 0.25) is 0 Å². The number of hydrogen-bond acceptors (Lipinski definition) is 3. The van der Waals surface area contributed by atoms with E-state index in [2.05, 4.69) is 34.4 Å². The SMILES string of the molecule is Cn1nc(-c2ccccn2)nc1C1CC2CC(/C=C/c3ccc(Cl)cc3)CC(C2)C1. The number of fused-ring (bicyclic) bond motifs is 2. The van der Waals surface area contributed by atoms with Crippen LogP contribution in [0.3, 0.4) is 0 Å². The smallest absolute Gasteiger partial charge is 0.200 e. The maximum Gasteiger partial charge on any atom is 0.200 e. The lowest BCUT2D eigenvalue weighted by molar-refractivity contribution is 0.137. The van der Waals surface area contributed by atoms with Gasteiger partial charge in [-0.3, -0.25) is 9.67 Å². The average Bonchev–Trinajstić information content (AvgIpc) is 3.15. The van der Waals surface area contributed by atoms with Crippen molar-refractivity contribution in [1.82, 2.24) is 19.7 Å². The minimum absolute atomic E-state index is 0.505. The van der Waals surface area contributed by atoms with Gasteiger partial charge >= 0.3 is 0 Å². The first-order chi connectivity index (χ1) is 14.6. The Morgan fingerprint density at radius 3 is 2.43 bits per heavy atom. The minimum Gasteiger partial charge on any atom is -0.253 e. The van der Waals surface area contributed by atoms with Crippen LogP contribution in [-0.2, 0) is 7.05 Å². The minimum atomic E-state index is 0.505. The molecule has 2 unspecified atom stereocenters. The number of nitrogens with zero attached hydrogens (tertiary/aromatic N) is 4. The maximum absolute atomic E-state index is 6.00. The molecule has 0 N–H and O–H groups in total. The second-order valence-corrected chi connectivity index (χ2v) is 9.35. The molecule has 5 rings (SSSR count). The molecule has 2 atom stereocenters. The van der Waals surface area contributed by atoms with E-state index in [9.17, 15) is 0 Å². The Labute approximate surface area is 183 Å². The van der Waals surface area contributed by atoms with E-state index in [4.69, 9.17) is 16.6 Å². The molecule has 0 amide bonds. The standard InChI is InChI=1S/C25H27ClN4/c1-30-25(28-24(29-30)23-4-2-3-11-27-23)21-15-19-12-18(13-20(14-19)16-21)6-5-17-7-9-22(26)10-8-17/h2-11,18-21H,12-16H2,1H3/b6-5+. The van der Waals surface area contributed by atoms with E-state index in [-0.39, 0.29) is 0 Å². The molecule has 3 aromatic rings. The van der Waals surface area contributed by atoms with E-state index in [1.165, 1.54) is 37.7 Å².